The average Bonchev–Trinajstić information content (AvgIpc) is 3.03. The summed E-state index contributed by atoms with van der Waals surface area (Å²) in [5, 5.41) is 17.8. The van der Waals surface area contributed by atoms with Gasteiger partial charge < -0.3 is 14.1 Å². The molecule has 102 valence electrons. The SMILES string of the molecule is CCc1nnc(-c2cn(CC(=O)O)c3ccccc23)o1. The highest BCUT2D eigenvalue weighted by molar-refractivity contribution is 5.94. The Balaban J connectivity index is 2.17. The van der Waals surface area contributed by atoms with Crippen LogP contribution in [0.3, 0.4) is 0 Å². The largest absolute Gasteiger partial charge is 0.480 e. The van der Waals surface area contributed by atoms with Gasteiger partial charge in [-0.1, -0.05) is 25.1 Å². The van der Waals surface area contributed by atoms with Crippen molar-refractivity contribution in [3.05, 3.63) is 36.4 Å². The third kappa shape index (κ3) is 2.05. The maximum atomic E-state index is 10.9. The molecule has 1 N–H and O–H groups in total. The topological polar surface area (TPSA) is 81.2 Å². The highest BCUT2D eigenvalue weighted by atomic mass is 16.4. The minimum atomic E-state index is -0.892. The maximum Gasteiger partial charge on any atom is 0.323 e. The Hall–Kier alpha value is -2.63. The van der Waals surface area contributed by atoms with E-state index in [-0.39, 0.29) is 6.54 Å². The quantitative estimate of drug-likeness (QED) is 0.787. The van der Waals surface area contributed by atoms with Crippen LogP contribution >= 0.6 is 0 Å². The molecule has 0 aliphatic rings. The fourth-order valence-electron chi connectivity index (χ4n) is 2.20. The number of hydrogen-bond donors (Lipinski definition) is 1. The Labute approximate surface area is 114 Å². The van der Waals surface area contributed by atoms with Gasteiger partial charge in [0.2, 0.25) is 11.8 Å². The van der Waals surface area contributed by atoms with E-state index in [0.717, 1.165) is 16.5 Å². The molecule has 3 aromatic rings. The van der Waals surface area contributed by atoms with E-state index in [2.05, 4.69) is 10.2 Å². The monoisotopic (exact) mass is 271 g/mol. The van der Waals surface area contributed by atoms with Gasteiger partial charge in [0.1, 0.15) is 6.54 Å². The summed E-state index contributed by atoms with van der Waals surface area (Å²) in [5.41, 5.74) is 1.59. The molecule has 0 saturated carbocycles. The number of aryl methyl sites for hydroxylation is 1. The molecule has 6 nitrogen and oxygen atoms in total. The summed E-state index contributed by atoms with van der Waals surface area (Å²) in [5.74, 6) is 0.0920. The fourth-order valence-corrected chi connectivity index (χ4v) is 2.20. The second-order valence-corrected chi connectivity index (χ2v) is 4.44. The number of hydrogen-bond acceptors (Lipinski definition) is 4. The van der Waals surface area contributed by atoms with Gasteiger partial charge in [0.15, 0.2) is 0 Å². The molecule has 0 unspecified atom stereocenters. The van der Waals surface area contributed by atoms with Gasteiger partial charge >= 0.3 is 5.97 Å². The standard InChI is InChI=1S/C14H13N3O3/c1-2-12-15-16-14(20-12)10-7-17(8-13(18)19)11-6-4-3-5-9(10)11/h3-7H,2,8H2,1H3,(H,18,19). The number of aromatic nitrogens is 3. The van der Waals surface area contributed by atoms with Gasteiger partial charge in [-0.3, -0.25) is 4.79 Å². The molecule has 6 heteroatoms. The second kappa shape index (κ2) is 4.80. The lowest BCUT2D eigenvalue weighted by Gasteiger charge is -1.99. The fraction of sp³-hybridized carbons (Fsp3) is 0.214. The Morgan fingerprint density at radius 2 is 2.15 bits per heavy atom. The first kappa shape index (κ1) is 12.4. The summed E-state index contributed by atoms with van der Waals surface area (Å²) in [6.07, 6.45) is 2.41. The highest BCUT2D eigenvalue weighted by Crippen LogP contribution is 2.29. The molecule has 0 amide bonds. The van der Waals surface area contributed by atoms with Gasteiger partial charge in [-0.05, 0) is 6.07 Å². The van der Waals surface area contributed by atoms with Crippen molar-refractivity contribution in [2.24, 2.45) is 0 Å². The smallest absolute Gasteiger partial charge is 0.323 e. The van der Waals surface area contributed by atoms with Gasteiger partial charge in [0.05, 0.1) is 5.56 Å². The highest BCUT2D eigenvalue weighted by Gasteiger charge is 2.16. The van der Waals surface area contributed by atoms with E-state index in [4.69, 9.17) is 9.52 Å². The van der Waals surface area contributed by atoms with Crippen molar-refractivity contribution in [3.8, 4) is 11.5 Å². The first-order chi connectivity index (χ1) is 9.69. The zero-order valence-electron chi connectivity index (χ0n) is 10.9. The van der Waals surface area contributed by atoms with Crippen LogP contribution in [0.1, 0.15) is 12.8 Å². The van der Waals surface area contributed by atoms with Crippen molar-refractivity contribution in [1.29, 1.82) is 0 Å². The molecule has 0 aliphatic heterocycles. The Morgan fingerprint density at radius 3 is 2.85 bits per heavy atom. The number of carboxylic acid groups (broad SMARTS) is 1. The van der Waals surface area contributed by atoms with E-state index in [1.165, 1.54) is 0 Å². The lowest BCUT2D eigenvalue weighted by molar-refractivity contribution is -0.137. The minimum absolute atomic E-state index is 0.102. The molecule has 2 heterocycles. The summed E-state index contributed by atoms with van der Waals surface area (Å²) >= 11 is 0. The molecule has 0 atom stereocenters. The van der Waals surface area contributed by atoms with Crippen LogP contribution in [0.5, 0.6) is 0 Å². The molecule has 0 radical (unpaired) electrons. The van der Waals surface area contributed by atoms with Gasteiger partial charge in [-0.2, -0.15) is 0 Å². The number of carboxylic acids is 1. The van der Waals surface area contributed by atoms with Crippen LogP contribution in [0, 0.1) is 0 Å². The van der Waals surface area contributed by atoms with Crippen molar-refractivity contribution in [1.82, 2.24) is 14.8 Å². The number of benzene rings is 1. The van der Waals surface area contributed by atoms with Crippen LogP contribution in [0.15, 0.2) is 34.9 Å². The summed E-state index contributed by atoms with van der Waals surface area (Å²) in [7, 11) is 0. The van der Waals surface area contributed by atoms with E-state index in [1.54, 1.807) is 10.8 Å². The number of nitrogens with zero attached hydrogens (tertiary/aromatic N) is 3. The average molecular weight is 271 g/mol. The summed E-state index contributed by atoms with van der Waals surface area (Å²) in [6.45, 7) is 1.83. The third-order valence-electron chi connectivity index (χ3n) is 3.09. The van der Waals surface area contributed by atoms with E-state index in [9.17, 15) is 4.79 Å². The molecule has 20 heavy (non-hydrogen) atoms. The van der Waals surface area contributed by atoms with Gasteiger partial charge in [0, 0.05) is 23.5 Å². The number of aliphatic carboxylic acids is 1. The zero-order chi connectivity index (χ0) is 14.1. The second-order valence-electron chi connectivity index (χ2n) is 4.44. The predicted octanol–water partition coefficient (Wildman–Crippen LogP) is 2.34. The molecular weight excluding hydrogens is 258 g/mol. The molecule has 0 spiro atoms. The first-order valence-electron chi connectivity index (χ1n) is 6.31. The number of carbonyl (C=O) groups is 1. The van der Waals surface area contributed by atoms with Gasteiger partial charge in [-0.25, -0.2) is 0 Å². The lowest BCUT2D eigenvalue weighted by atomic mass is 10.2. The van der Waals surface area contributed by atoms with E-state index in [1.807, 2.05) is 31.2 Å². The van der Waals surface area contributed by atoms with Gasteiger partial charge in [-0.15, -0.1) is 10.2 Å². The van der Waals surface area contributed by atoms with Crippen molar-refractivity contribution in [2.45, 2.75) is 19.9 Å². The summed E-state index contributed by atoms with van der Waals surface area (Å²) in [6, 6.07) is 7.56. The van der Waals surface area contributed by atoms with E-state index in [0.29, 0.717) is 18.2 Å². The van der Waals surface area contributed by atoms with Crippen LogP contribution in [-0.2, 0) is 17.8 Å². The zero-order valence-corrected chi connectivity index (χ0v) is 10.9. The van der Waals surface area contributed by atoms with Crippen LogP contribution in [-0.4, -0.2) is 25.8 Å². The third-order valence-corrected chi connectivity index (χ3v) is 3.09. The Bertz CT molecular complexity index is 773. The molecule has 3 rings (SSSR count). The number of para-hydroxylation sites is 1. The van der Waals surface area contributed by atoms with Crippen molar-refractivity contribution in [3.63, 3.8) is 0 Å². The van der Waals surface area contributed by atoms with Crippen LogP contribution in [0.25, 0.3) is 22.4 Å². The Morgan fingerprint density at radius 1 is 1.35 bits per heavy atom. The first-order valence-corrected chi connectivity index (χ1v) is 6.31. The molecule has 0 bridgehead atoms. The molecule has 0 saturated heterocycles. The summed E-state index contributed by atoms with van der Waals surface area (Å²) in [4.78, 5) is 10.9. The van der Waals surface area contributed by atoms with Crippen molar-refractivity contribution in [2.75, 3.05) is 0 Å². The van der Waals surface area contributed by atoms with Gasteiger partial charge in [0.25, 0.3) is 0 Å². The minimum Gasteiger partial charge on any atom is -0.480 e. The normalized spacial score (nSPS) is 11.1. The predicted molar refractivity (Wildman–Crippen MR) is 72.2 cm³/mol. The molecule has 2 aromatic heterocycles. The molecule has 1 aromatic carbocycles. The number of fused-ring (bicyclic) bond motifs is 1. The molecule has 0 fully saturated rings. The number of rotatable bonds is 4. The summed E-state index contributed by atoms with van der Waals surface area (Å²) < 4.78 is 7.23. The van der Waals surface area contributed by atoms with E-state index >= 15 is 0 Å². The lowest BCUT2D eigenvalue weighted by Crippen LogP contribution is -2.07. The molecular formula is C14H13N3O3. The van der Waals surface area contributed by atoms with Crippen LogP contribution < -0.4 is 0 Å². The van der Waals surface area contributed by atoms with Crippen molar-refractivity contribution >= 4 is 16.9 Å². The van der Waals surface area contributed by atoms with Crippen LogP contribution in [0.4, 0.5) is 0 Å². The Kier molecular flexibility index (Phi) is 2.98. The van der Waals surface area contributed by atoms with Crippen molar-refractivity contribution < 1.29 is 14.3 Å². The van der Waals surface area contributed by atoms with E-state index < -0.39 is 5.97 Å². The molecule has 0 aliphatic carbocycles. The van der Waals surface area contributed by atoms with Crippen LogP contribution in [0.2, 0.25) is 0 Å². The maximum absolute atomic E-state index is 10.9.